The second-order valence-electron chi connectivity index (χ2n) is 8.11. The van der Waals surface area contributed by atoms with Gasteiger partial charge in [-0.1, -0.05) is 35.9 Å². The van der Waals surface area contributed by atoms with Crippen LogP contribution in [0.2, 0.25) is 5.02 Å². The van der Waals surface area contributed by atoms with Crippen LogP contribution in [-0.2, 0) is 4.79 Å². The molecule has 0 spiro atoms. The number of nitrogens with one attached hydrogen (secondary N) is 1. The molecule has 2 aromatic carbocycles. The summed E-state index contributed by atoms with van der Waals surface area (Å²) in [5.74, 6) is 0.474. The molecule has 3 atom stereocenters. The first-order valence-corrected chi connectivity index (χ1v) is 10.7. The van der Waals surface area contributed by atoms with Crippen LogP contribution in [0.1, 0.15) is 30.7 Å². The van der Waals surface area contributed by atoms with Crippen LogP contribution in [0.15, 0.2) is 54.9 Å². The van der Waals surface area contributed by atoms with E-state index in [1.165, 1.54) is 4.90 Å². The summed E-state index contributed by atoms with van der Waals surface area (Å²) in [6.07, 6.45) is 5.48. The molecule has 31 heavy (non-hydrogen) atoms. The SMILES string of the molecule is COc1ccc(Cl)c(C2CCC3C(=O)N(c4cncc5ccccc45)C(=O)NC3C2)c1. The third-order valence-electron chi connectivity index (χ3n) is 6.43. The average Bonchev–Trinajstić information content (AvgIpc) is 2.79. The Morgan fingerprint density at radius 3 is 2.81 bits per heavy atom. The van der Waals surface area contributed by atoms with Crippen LogP contribution >= 0.6 is 11.6 Å². The number of fused-ring (bicyclic) bond motifs is 2. The number of carbonyl (C=O) groups is 2. The highest BCUT2D eigenvalue weighted by Crippen LogP contribution is 2.42. The molecule has 1 aromatic heterocycles. The Morgan fingerprint density at radius 2 is 1.97 bits per heavy atom. The molecule has 0 radical (unpaired) electrons. The summed E-state index contributed by atoms with van der Waals surface area (Å²) in [6, 6.07) is 12.6. The van der Waals surface area contributed by atoms with Crippen molar-refractivity contribution < 1.29 is 14.3 Å². The first-order valence-electron chi connectivity index (χ1n) is 10.4. The zero-order chi connectivity index (χ0) is 21.5. The molecular formula is C24H22ClN3O3. The van der Waals surface area contributed by atoms with Gasteiger partial charge in [0.25, 0.3) is 0 Å². The Bertz CT molecular complexity index is 1180. The van der Waals surface area contributed by atoms with Crippen molar-refractivity contribution in [3.63, 3.8) is 0 Å². The Morgan fingerprint density at radius 1 is 1.13 bits per heavy atom. The number of halogens is 1. The van der Waals surface area contributed by atoms with Gasteiger partial charge in [0, 0.05) is 28.0 Å². The lowest BCUT2D eigenvalue weighted by Crippen LogP contribution is -2.61. The van der Waals surface area contributed by atoms with Crippen molar-refractivity contribution in [2.45, 2.75) is 31.2 Å². The van der Waals surface area contributed by atoms with Gasteiger partial charge in [-0.2, -0.15) is 0 Å². The maximum Gasteiger partial charge on any atom is 0.329 e. The molecule has 2 aliphatic rings. The van der Waals surface area contributed by atoms with Crippen LogP contribution in [0.5, 0.6) is 5.75 Å². The minimum atomic E-state index is -0.401. The molecule has 3 amide bonds. The smallest absolute Gasteiger partial charge is 0.329 e. The number of hydrogen-bond donors (Lipinski definition) is 1. The molecule has 1 saturated carbocycles. The summed E-state index contributed by atoms with van der Waals surface area (Å²) < 4.78 is 5.34. The minimum Gasteiger partial charge on any atom is -0.497 e. The molecule has 158 valence electrons. The average molecular weight is 436 g/mol. The van der Waals surface area contributed by atoms with Crippen molar-refractivity contribution in [2.24, 2.45) is 5.92 Å². The highest BCUT2D eigenvalue weighted by atomic mass is 35.5. The van der Waals surface area contributed by atoms with Crippen molar-refractivity contribution in [3.05, 3.63) is 65.4 Å². The molecule has 7 heteroatoms. The fraction of sp³-hybridized carbons (Fsp3) is 0.292. The van der Waals surface area contributed by atoms with E-state index in [9.17, 15) is 9.59 Å². The molecule has 1 aliphatic carbocycles. The number of pyridine rings is 1. The van der Waals surface area contributed by atoms with Gasteiger partial charge in [-0.25, -0.2) is 9.69 Å². The first kappa shape index (κ1) is 19.8. The van der Waals surface area contributed by atoms with Crippen LogP contribution < -0.4 is 15.0 Å². The highest BCUT2D eigenvalue weighted by Gasteiger charge is 2.45. The van der Waals surface area contributed by atoms with Crippen LogP contribution in [0, 0.1) is 5.92 Å². The number of amides is 3. The number of rotatable bonds is 3. The number of nitrogens with zero attached hydrogens (tertiary/aromatic N) is 2. The number of ether oxygens (including phenoxy) is 1. The monoisotopic (exact) mass is 435 g/mol. The Labute approximate surface area is 185 Å². The Kier molecular flexibility index (Phi) is 5.02. The number of carbonyl (C=O) groups excluding carboxylic acids is 2. The molecule has 1 N–H and O–H groups in total. The molecule has 0 bridgehead atoms. The third-order valence-corrected chi connectivity index (χ3v) is 6.78. The van der Waals surface area contributed by atoms with E-state index in [4.69, 9.17) is 16.3 Å². The van der Waals surface area contributed by atoms with E-state index in [1.807, 2.05) is 42.5 Å². The van der Waals surface area contributed by atoms with Gasteiger partial charge < -0.3 is 10.1 Å². The molecule has 5 rings (SSSR count). The van der Waals surface area contributed by atoms with E-state index in [2.05, 4.69) is 10.3 Å². The van der Waals surface area contributed by atoms with Crippen molar-refractivity contribution >= 4 is 40.0 Å². The van der Waals surface area contributed by atoms with Crippen LogP contribution in [0.3, 0.4) is 0 Å². The van der Waals surface area contributed by atoms with Gasteiger partial charge in [0.2, 0.25) is 5.91 Å². The van der Waals surface area contributed by atoms with Crippen molar-refractivity contribution in [2.75, 3.05) is 12.0 Å². The van der Waals surface area contributed by atoms with Gasteiger partial charge in [-0.05, 0) is 48.9 Å². The van der Waals surface area contributed by atoms with Crippen molar-refractivity contribution in [3.8, 4) is 5.75 Å². The predicted octanol–water partition coefficient (Wildman–Crippen LogP) is 4.91. The van der Waals surface area contributed by atoms with Crippen LogP contribution in [-0.4, -0.2) is 30.1 Å². The van der Waals surface area contributed by atoms with Crippen LogP contribution in [0.25, 0.3) is 10.8 Å². The molecule has 6 nitrogen and oxygen atoms in total. The second kappa shape index (κ2) is 7.85. The van der Waals surface area contributed by atoms with Crippen molar-refractivity contribution in [1.29, 1.82) is 0 Å². The predicted molar refractivity (Wildman–Crippen MR) is 120 cm³/mol. The first-order chi connectivity index (χ1) is 15.1. The molecule has 3 unspecified atom stereocenters. The topological polar surface area (TPSA) is 71.5 Å². The maximum atomic E-state index is 13.4. The quantitative estimate of drug-likeness (QED) is 0.634. The van der Waals surface area contributed by atoms with E-state index in [0.29, 0.717) is 23.6 Å². The largest absolute Gasteiger partial charge is 0.497 e. The second-order valence-corrected chi connectivity index (χ2v) is 8.52. The summed E-state index contributed by atoms with van der Waals surface area (Å²) in [4.78, 5) is 31.9. The molecule has 1 aliphatic heterocycles. The number of methoxy groups -OCH3 is 1. The zero-order valence-corrected chi connectivity index (χ0v) is 17.8. The minimum absolute atomic E-state index is 0.155. The van der Waals surface area contributed by atoms with Gasteiger partial charge in [0.15, 0.2) is 0 Å². The zero-order valence-electron chi connectivity index (χ0n) is 17.0. The molecule has 1 saturated heterocycles. The molecule has 2 heterocycles. The van der Waals surface area contributed by atoms with Gasteiger partial charge in [0.1, 0.15) is 5.75 Å². The maximum absolute atomic E-state index is 13.4. The van der Waals surface area contributed by atoms with Gasteiger partial charge in [-0.15, -0.1) is 0 Å². The van der Waals surface area contributed by atoms with Crippen LogP contribution in [0.4, 0.5) is 10.5 Å². The van der Waals surface area contributed by atoms with E-state index in [1.54, 1.807) is 19.5 Å². The fourth-order valence-corrected chi connectivity index (χ4v) is 5.14. The lowest BCUT2D eigenvalue weighted by molar-refractivity contribution is -0.124. The number of anilines is 1. The Balaban J connectivity index is 1.43. The number of benzene rings is 2. The lowest BCUT2D eigenvalue weighted by atomic mass is 9.74. The van der Waals surface area contributed by atoms with Gasteiger partial charge in [0.05, 0.1) is 24.9 Å². The highest BCUT2D eigenvalue weighted by molar-refractivity contribution is 6.31. The van der Waals surface area contributed by atoms with Gasteiger partial charge in [-0.3, -0.25) is 9.78 Å². The van der Waals surface area contributed by atoms with E-state index in [0.717, 1.165) is 28.5 Å². The van der Waals surface area contributed by atoms with E-state index in [-0.39, 0.29) is 23.8 Å². The standard InChI is InChI=1S/C24H22ClN3O3/c1-31-16-7-9-20(25)19(11-16)14-6-8-18-21(10-14)27-24(30)28(23(18)29)22-13-26-12-15-4-2-3-5-17(15)22/h2-5,7,9,11-14,18,21H,6,8,10H2,1H3,(H,27,30). The number of hydrogen-bond acceptors (Lipinski definition) is 4. The molecule has 3 aromatic rings. The number of urea groups is 1. The molecule has 2 fully saturated rings. The fourth-order valence-electron chi connectivity index (χ4n) is 4.87. The molecular weight excluding hydrogens is 414 g/mol. The van der Waals surface area contributed by atoms with Gasteiger partial charge >= 0.3 is 6.03 Å². The van der Waals surface area contributed by atoms with E-state index < -0.39 is 6.03 Å². The van der Waals surface area contributed by atoms with Crippen molar-refractivity contribution in [1.82, 2.24) is 10.3 Å². The third kappa shape index (κ3) is 3.41. The number of imide groups is 1. The van der Waals surface area contributed by atoms with E-state index >= 15 is 0 Å². The lowest BCUT2D eigenvalue weighted by Gasteiger charge is -2.42. The summed E-state index contributed by atoms with van der Waals surface area (Å²) in [5, 5.41) is 5.47. The number of aromatic nitrogens is 1. The Hall–Kier alpha value is -3.12. The summed E-state index contributed by atoms with van der Waals surface area (Å²) in [5.41, 5.74) is 1.53. The summed E-state index contributed by atoms with van der Waals surface area (Å²) in [7, 11) is 1.63. The summed E-state index contributed by atoms with van der Waals surface area (Å²) >= 11 is 6.45. The summed E-state index contributed by atoms with van der Waals surface area (Å²) in [6.45, 7) is 0. The normalized spacial score (nSPS) is 23.4.